The third-order valence-electron chi connectivity index (χ3n) is 0.609. The van der Waals surface area contributed by atoms with E-state index in [1.165, 1.54) is 0 Å². The molecular weight excluding hydrogens is 230 g/mol. The summed E-state index contributed by atoms with van der Waals surface area (Å²) in [7, 11) is 0. The molecule has 0 atom stereocenters. The van der Waals surface area contributed by atoms with E-state index in [4.69, 9.17) is 14.5 Å². The monoisotopic (exact) mass is 239 g/mol. The first kappa shape index (κ1) is 12.6. The van der Waals surface area contributed by atoms with Gasteiger partial charge in [0.2, 0.25) is 5.39 Å². The number of thiocarbonyl (C=S) groups is 3. The molecule has 0 radical (unpaired) electrons. The predicted octanol–water partition coefficient (Wildman–Crippen LogP) is 2.13. The molecule has 0 unspecified atom stereocenters. The zero-order chi connectivity index (χ0) is 10.4. The van der Waals surface area contributed by atoms with Gasteiger partial charge in [0.05, 0.1) is 0 Å². The van der Waals surface area contributed by atoms with Crippen LogP contribution in [0.1, 0.15) is 20.8 Å². The third kappa shape index (κ3) is 7.97. The Balaban J connectivity index is 4.10. The van der Waals surface area contributed by atoms with E-state index < -0.39 is 0 Å². The van der Waals surface area contributed by atoms with Crippen LogP contribution < -0.4 is 0 Å². The standard InChI is InChI=1S/C6H9NO3S3/c1-4(11)8-7(9-5(2)12)10-6(3)13/h1-3H3. The topological polar surface area (TPSA) is 30.9 Å². The first-order chi connectivity index (χ1) is 5.91. The van der Waals surface area contributed by atoms with E-state index in [0.29, 0.717) is 5.39 Å². The third-order valence-corrected chi connectivity index (χ3v) is 0.833. The fraction of sp³-hybridized carbons (Fsp3) is 0.500. The van der Waals surface area contributed by atoms with Gasteiger partial charge in [0, 0.05) is 20.8 Å². The molecule has 74 valence electrons. The van der Waals surface area contributed by atoms with Crippen LogP contribution in [0.15, 0.2) is 0 Å². The van der Waals surface area contributed by atoms with E-state index in [1.807, 2.05) is 0 Å². The Kier molecular flexibility index (Phi) is 5.97. The summed E-state index contributed by atoms with van der Waals surface area (Å²) >= 11 is 14.0. The molecule has 0 aliphatic carbocycles. The molecule has 0 fully saturated rings. The van der Waals surface area contributed by atoms with Crippen LogP contribution in [0.2, 0.25) is 0 Å². The lowest BCUT2D eigenvalue weighted by Crippen LogP contribution is -2.29. The summed E-state index contributed by atoms with van der Waals surface area (Å²) in [6.45, 7) is 4.69. The van der Waals surface area contributed by atoms with E-state index in [9.17, 15) is 0 Å². The minimum absolute atomic E-state index is 0.229. The van der Waals surface area contributed by atoms with E-state index >= 15 is 0 Å². The molecule has 13 heavy (non-hydrogen) atoms. The highest BCUT2D eigenvalue weighted by Crippen LogP contribution is 1.99. The molecule has 0 N–H and O–H groups in total. The van der Waals surface area contributed by atoms with E-state index in [2.05, 4.69) is 36.7 Å². The van der Waals surface area contributed by atoms with Crippen LogP contribution in [-0.2, 0) is 14.5 Å². The first-order valence-corrected chi connectivity index (χ1v) is 4.50. The van der Waals surface area contributed by atoms with Crippen molar-refractivity contribution < 1.29 is 14.5 Å². The van der Waals surface area contributed by atoms with Crippen molar-refractivity contribution in [1.82, 2.24) is 5.39 Å². The van der Waals surface area contributed by atoms with Crippen LogP contribution in [0.5, 0.6) is 0 Å². The summed E-state index contributed by atoms with van der Waals surface area (Å²) in [4.78, 5) is 14.5. The molecule has 0 aromatic carbocycles. The molecule has 0 aliphatic heterocycles. The lowest BCUT2D eigenvalue weighted by Gasteiger charge is -2.17. The van der Waals surface area contributed by atoms with Crippen LogP contribution in [0.3, 0.4) is 0 Å². The molecule has 7 heteroatoms. The van der Waals surface area contributed by atoms with Crippen LogP contribution in [0.4, 0.5) is 0 Å². The Hall–Kier alpha value is -0.370. The number of nitrogens with zero attached hydrogens (tertiary/aromatic N) is 1. The summed E-state index contributed by atoms with van der Waals surface area (Å²) < 4.78 is 0. The molecule has 0 aromatic heterocycles. The van der Waals surface area contributed by atoms with Crippen molar-refractivity contribution in [3.8, 4) is 0 Å². The second-order valence-corrected chi connectivity index (χ2v) is 3.70. The zero-order valence-electron chi connectivity index (χ0n) is 7.40. The van der Waals surface area contributed by atoms with Gasteiger partial charge in [-0.3, -0.25) is 0 Å². The van der Waals surface area contributed by atoms with Gasteiger partial charge >= 0.3 is 0 Å². The van der Waals surface area contributed by atoms with Crippen LogP contribution in [-0.4, -0.2) is 20.5 Å². The van der Waals surface area contributed by atoms with Gasteiger partial charge in [-0.1, -0.05) is 0 Å². The Bertz CT molecular complexity index is 193. The average molecular weight is 239 g/mol. The maximum atomic E-state index is 4.82. The summed E-state index contributed by atoms with van der Waals surface area (Å²) in [6.07, 6.45) is 0. The molecule has 0 aromatic rings. The van der Waals surface area contributed by atoms with Gasteiger partial charge in [0.25, 0.3) is 0 Å². The number of rotatable bonds is 3. The van der Waals surface area contributed by atoms with E-state index in [0.717, 1.165) is 0 Å². The second-order valence-electron chi connectivity index (χ2n) is 1.97. The summed E-state index contributed by atoms with van der Waals surface area (Å²) in [6, 6.07) is 0. The molecule has 0 spiro atoms. The van der Waals surface area contributed by atoms with Gasteiger partial charge in [0.1, 0.15) is 0 Å². The van der Waals surface area contributed by atoms with Gasteiger partial charge in [-0.2, -0.15) is 0 Å². The number of hydrogen-bond donors (Lipinski definition) is 0. The molecule has 0 saturated heterocycles. The minimum Gasteiger partial charge on any atom is -0.332 e. The van der Waals surface area contributed by atoms with Gasteiger partial charge < -0.3 is 14.5 Å². The smallest absolute Gasteiger partial charge is 0.236 e. The molecule has 0 rings (SSSR count). The van der Waals surface area contributed by atoms with Crippen molar-refractivity contribution in [3.05, 3.63) is 0 Å². The molecular formula is C6H9NO3S3. The van der Waals surface area contributed by atoms with Gasteiger partial charge in [0.15, 0.2) is 15.2 Å². The predicted molar refractivity (Wildman–Crippen MR) is 59.9 cm³/mol. The Morgan fingerprint density at radius 1 is 0.769 bits per heavy atom. The Morgan fingerprint density at radius 2 is 1.00 bits per heavy atom. The lowest BCUT2D eigenvalue weighted by molar-refractivity contribution is -0.432. The van der Waals surface area contributed by atoms with E-state index in [-0.39, 0.29) is 15.2 Å². The summed E-state index contributed by atoms with van der Waals surface area (Å²) in [5, 5.41) is 1.36. The average Bonchev–Trinajstić information content (AvgIpc) is 1.80. The molecule has 0 aliphatic rings. The zero-order valence-corrected chi connectivity index (χ0v) is 9.85. The highest BCUT2D eigenvalue weighted by molar-refractivity contribution is 7.80. The van der Waals surface area contributed by atoms with E-state index in [1.54, 1.807) is 20.8 Å². The van der Waals surface area contributed by atoms with Crippen molar-refractivity contribution in [3.63, 3.8) is 0 Å². The normalized spacial score (nSPS) is 9.23. The highest BCUT2D eigenvalue weighted by Gasteiger charge is 2.11. The van der Waals surface area contributed by atoms with Crippen molar-refractivity contribution in [1.29, 1.82) is 0 Å². The van der Waals surface area contributed by atoms with Crippen molar-refractivity contribution in [2.75, 3.05) is 0 Å². The Labute approximate surface area is 92.6 Å². The van der Waals surface area contributed by atoms with Crippen LogP contribution in [0.25, 0.3) is 0 Å². The quantitative estimate of drug-likeness (QED) is 0.550. The van der Waals surface area contributed by atoms with Crippen molar-refractivity contribution in [2.45, 2.75) is 20.8 Å². The van der Waals surface area contributed by atoms with Crippen molar-refractivity contribution >= 4 is 51.8 Å². The van der Waals surface area contributed by atoms with Crippen LogP contribution >= 0.6 is 36.7 Å². The maximum absolute atomic E-state index is 4.82. The lowest BCUT2D eigenvalue weighted by atomic mass is 10.9. The number of hydrogen-bond acceptors (Lipinski definition) is 7. The van der Waals surface area contributed by atoms with Gasteiger partial charge in [-0.15, -0.1) is 0 Å². The van der Waals surface area contributed by atoms with Crippen LogP contribution in [0, 0.1) is 0 Å². The summed E-state index contributed by atoms with van der Waals surface area (Å²) in [5.74, 6) is 0. The molecule has 0 amide bonds. The first-order valence-electron chi connectivity index (χ1n) is 3.27. The SMILES string of the molecule is CC(=S)ON(OC(C)=S)OC(C)=S. The molecule has 0 heterocycles. The summed E-state index contributed by atoms with van der Waals surface area (Å²) in [5.41, 5.74) is 0. The molecule has 0 saturated carbocycles. The highest BCUT2D eigenvalue weighted by atomic mass is 32.1. The second kappa shape index (κ2) is 6.14. The maximum Gasteiger partial charge on any atom is 0.236 e. The van der Waals surface area contributed by atoms with Crippen molar-refractivity contribution in [2.24, 2.45) is 0 Å². The fourth-order valence-corrected chi connectivity index (χ4v) is 0.553. The molecule has 0 bridgehead atoms. The molecule has 4 nitrogen and oxygen atoms in total. The fourth-order valence-electron chi connectivity index (χ4n) is 0.371. The van der Waals surface area contributed by atoms with Gasteiger partial charge in [-0.05, 0) is 36.7 Å². The minimum atomic E-state index is 0.229. The Morgan fingerprint density at radius 3 is 1.15 bits per heavy atom. The van der Waals surface area contributed by atoms with Gasteiger partial charge in [-0.25, -0.2) is 0 Å². The largest absolute Gasteiger partial charge is 0.332 e.